The number of hydrogen-bond acceptors (Lipinski definition) is 7. The number of hydrogen-bond donors (Lipinski definition) is 3. The normalized spacial score (nSPS) is 25.1. The molecule has 1 amide bonds. The number of aromatic nitrogens is 1. The van der Waals surface area contributed by atoms with Gasteiger partial charge in [0.05, 0.1) is 23.8 Å². The third-order valence-corrected chi connectivity index (χ3v) is 6.69. The molecule has 4 atom stereocenters. The number of pyridine rings is 1. The number of fused-ring (bicyclic) bond motifs is 1. The molecule has 168 valence electrons. The average molecular weight is 453 g/mol. The quantitative estimate of drug-likeness (QED) is 0.581. The van der Waals surface area contributed by atoms with Gasteiger partial charge in [-0.1, -0.05) is 30.3 Å². The van der Waals surface area contributed by atoms with Crippen LogP contribution in [-0.4, -0.2) is 34.6 Å². The van der Waals surface area contributed by atoms with Crippen LogP contribution in [0.25, 0.3) is 0 Å². The first-order valence-corrected chi connectivity index (χ1v) is 11.8. The fourth-order valence-corrected chi connectivity index (χ4v) is 5.22. The van der Waals surface area contributed by atoms with Gasteiger partial charge in [-0.3, -0.25) is 15.1 Å². The number of rotatable bonds is 6. The number of carbonyl (C=O) groups is 2. The Balaban J connectivity index is 1.61. The summed E-state index contributed by atoms with van der Waals surface area (Å²) in [6, 6.07) is 13.8. The minimum absolute atomic E-state index is 0.101. The summed E-state index contributed by atoms with van der Waals surface area (Å²) in [5.74, 6) is -0.688. The first-order valence-electron chi connectivity index (χ1n) is 10.7. The molecule has 32 heavy (non-hydrogen) atoms. The lowest BCUT2D eigenvalue weighted by molar-refractivity contribution is -0.143. The van der Waals surface area contributed by atoms with Gasteiger partial charge in [0.2, 0.25) is 5.91 Å². The molecule has 0 radical (unpaired) electrons. The van der Waals surface area contributed by atoms with E-state index in [2.05, 4.69) is 33.1 Å². The van der Waals surface area contributed by atoms with Gasteiger partial charge < -0.3 is 15.4 Å². The first kappa shape index (κ1) is 22.4. The molecule has 1 aromatic heterocycles. The van der Waals surface area contributed by atoms with Crippen molar-refractivity contribution in [1.82, 2.24) is 20.9 Å². The van der Waals surface area contributed by atoms with Gasteiger partial charge >= 0.3 is 5.97 Å². The third kappa shape index (κ3) is 4.81. The van der Waals surface area contributed by atoms with E-state index in [-0.39, 0.29) is 23.7 Å². The third-order valence-electron chi connectivity index (χ3n) is 5.60. The van der Waals surface area contributed by atoms with E-state index in [9.17, 15) is 9.59 Å². The molecule has 1 saturated heterocycles. The highest BCUT2D eigenvalue weighted by atomic mass is 32.2. The van der Waals surface area contributed by atoms with Gasteiger partial charge in [0, 0.05) is 29.8 Å². The lowest BCUT2D eigenvalue weighted by atomic mass is 9.74. The van der Waals surface area contributed by atoms with Crippen molar-refractivity contribution in [2.24, 2.45) is 5.92 Å². The second-order valence-corrected chi connectivity index (χ2v) is 9.34. The minimum Gasteiger partial charge on any atom is -0.460 e. The molecule has 4 unspecified atom stereocenters. The van der Waals surface area contributed by atoms with E-state index >= 15 is 0 Å². The SMILES string of the molecule is CC1=C(C(=O)OC(C)C)C(c2ccncc2)C2C(=O)NC(SCc3ccccc3)NC2N1. The Morgan fingerprint density at radius 3 is 2.53 bits per heavy atom. The van der Waals surface area contributed by atoms with E-state index in [1.165, 1.54) is 5.56 Å². The molecule has 2 aromatic rings. The smallest absolute Gasteiger partial charge is 0.336 e. The van der Waals surface area contributed by atoms with Gasteiger partial charge in [-0.2, -0.15) is 0 Å². The van der Waals surface area contributed by atoms with Gasteiger partial charge in [0.25, 0.3) is 0 Å². The Kier molecular flexibility index (Phi) is 6.81. The maximum absolute atomic E-state index is 13.3. The van der Waals surface area contributed by atoms with Gasteiger partial charge in [-0.05, 0) is 44.0 Å². The summed E-state index contributed by atoms with van der Waals surface area (Å²) in [6.45, 7) is 5.50. The molecule has 3 heterocycles. The molecule has 1 fully saturated rings. The Labute approximate surface area is 192 Å². The summed E-state index contributed by atoms with van der Waals surface area (Å²) in [5.41, 5.74) is 3.01. The second-order valence-electron chi connectivity index (χ2n) is 8.25. The van der Waals surface area contributed by atoms with Crippen molar-refractivity contribution >= 4 is 23.6 Å². The monoisotopic (exact) mass is 452 g/mol. The van der Waals surface area contributed by atoms with Crippen LogP contribution in [-0.2, 0) is 20.1 Å². The van der Waals surface area contributed by atoms with E-state index in [0.29, 0.717) is 11.3 Å². The molecule has 2 aliphatic rings. The lowest BCUT2D eigenvalue weighted by Crippen LogP contribution is -2.67. The topological polar surface area (TPSA) is 92.3 Å². The van der Waals surface area contributed by atoms with E-state index in [4.69, 9.17) is 4.74 Å². The van der Waals surface area contributed by atoms with Crippen LogP contribution in [0.4, 0.5) is 0 Å². The summed E-state index contributed by atoms with van der Waals surface area (Å²) >= 11 is 1.62. The maximum Gasteiger partial charge on any atom is 0.336 e. The van der Waals surface area contributed by atoms with Gasteiger partial charge in [0.15, 0.2) is 0 Å². The average Bonchev–Trinajstić information content (AvgIpc) is 2.77. The fraction of sp³-hybridized carbons (Fsp3) is 0.375. The Morgan fingerprint density at radius 1 is 1.12 bits per heavy atom. The lowest BCUT2D eigenvalue weighted by Gasteiger charge is -2.45. The van der Waals surface area contributed by atoms with Gasteiger partial charge in [0.1, 0.15) is 5.50 Å². The molecule has 0 spiro atoms. The number of nitrogens with zero attached hydrogens (tertiary/aromatic N) is 1. The zero-order valence-corrected chi connectivity index (χ0v) is 19.2. The van der Waals surface area contributed by atoms with Crippen LogP contribution >= 0.6 is 11.8 Å². The number of ether oxygens (including phenoxy) is 1. The standard InChI is InChI=1S/C24H28N4O3S/c1-14(2)31-23(30)18-15(3)26-21-20(19(18)17-9-11-25-12-10-17)22(29)28-24(27-21)32-13-16-7-5-4-6-8-16/h4-12,14,19-21,24,26-27H,13H2,1-3H3,(H,28,29). The second kappa shape index (κ2) is 9.75. The Bertz CT molecular complexity index is 997. The largest absolute Gasteiger partial charge is 0.460 e. The van der Waals surface area contributed by atoms with Crippen molar-refractivity contribution in [2.45, 2.75) is 50.2 Å². The van der Waals surface area contributed by atoms with Crippen molar-refractivity contribution in [3.63, 3.8) is 0 Å². The maximum atomic E-state index is 13.3. The molecular weight excluding hydrogens is 424 g/mol. The first-order chi connectivity index (χ1) is 15.4. The summed E-state index contributed by atoms with van der Waals surface area (Å²) in [7, 11) is 0. The zero-order valence-electron chi connectivity index (χ0n) is 18.4. The number of thioether (sulfide) groups is 1. The molecule has 0 saturated carbocycles. The van der Waals surface area contributed by atoms with Crippen molar-refractivity contribution in [1.29, 1.82) is 0 Å². The van der Waals surface area contributed by atoms with Crippen LogP contribution in [0, 0.1) is 5.92 Å². The number of nitrogens with one attached hydrogen (secondary N) is 3. The number of carbonyl (C=O) groups excluding carboxylic acids is 2. The molecule has 0 aliphatic carbocycles. The van der Waals surface area contributed by atoms with Crippen LogP contribution in [0.2, 0.25) is 0 Å². The molecule has 3 N–H and O–H groups in total. The van der Waals surface area contributed by atoms with Crippen molar-refractivity contribution < 1.29 is 14.3 Å². The van der Waals surface area contributed by atoms with E-state index in [1.54, 1.807) is 24.2 Å². The number of esters is 1. The van der Waals surface area contributed by atoms with Gasteiger partial charge in [-0.15, -0.1) is 11.8 Å². The molecule has 0 bridgehead atoms. The van der Waals surface area contributed by atoms with Crippen molar-refractivity contribution in [3.8, 4) is 0 Å². The summed E-state index contributed by atoms with van der Waals surface area (Å²) in [6.07, 6.45) is 2.79. The predicted molar refractivity (Wildman–Crippen MR) is 124 cm³/mol. The van der Waals surface area contributed by atoms with Crippen molar-refractivity contribution in [3.05, 3.63) is 77.3 Å². The number of allylic oxidation sites excluding steroid dienone is 1. The zero-order chi connectivity index (χ0) is 22.7. The molecule has 4 rings (SSSR count). The Hall–Kier alpha value is -2.84. The summed E-state index contributed by atoms with van der Waals surface area (Å²) < 4.78 is 5.53. The summed E-state index contributed by atoms with van der Waals surface area (Å²) in [5, 5.41) is 9.95. The van der Waals surface area contributed by atoms with Crippen LogP contribution in [0.3, 0.4) is 0 Å². The van der Waals surface area contributed by atoms with E-state index in [0.717, 1.165) is 11.3 Å². The molecular formula is C24H28N4O3S. The van der Waals surface area contributed by atoms with Crippen LogP contribution in [0.15, 0.2) is 66.1 Å². The van der Waals surface area contributed by atoms with Crippen LogP contribution < -0.4 is 16.0 Å². The molecule has 8 heteroatoms. The van der Waals surface area contributed by atoms with Crippen molar-refractivity contribution in [2.75, 3.05) is 0 Å². The fourth-order valence-electron chi connectivity index (χ4n) is 4.23. The highest BCUT2D eigenvalue weighted by Crippen LogP contribution is 2.40. The highest BCUT2D eigenvalue weighted by molar-refractivity contribution is 7.99. The molecule has 7 nitrogen and oxygen atoms in total. The van der Waals surface area contributed by atoms with Gasteiger partial charge in [-0.25, -0.2) is 4.79 Å². The summed E-state index contributed by atoms with van der Waals surface area (Å²) in [4.78, 5) is 30.5. The van der Waals surface area contributed by atoms with Crippen LogP contribution in [0.5, 0.6) is 0 Å². The minimum atomic E-state index is -0.510. The molecule has 2 aliphatic heterocycles. The van der Waals surface area contributed by atoms with E-state index < -0.39 is 17.8 Å². The van der Waals surface area contributed by atoms with Crippen LogP contribution in [0.1, 0.15) is 37.8 Å². The predicted octanol–water partition coefficient (Wildman–Crippen LogP) is 2.87. The number of amides is 1. The molecule has 1 aromatic carbocycles. The van der Waals surface area contributed by atoms with E-state index in [1.807, 2.05) is 51.1 Å². The number of benzene rings is 1. The highest BCUT2D eigenvalue weighted by Gasteiger charge is 2.48. The Morgan fingerprint density at radius 2 is 1.84 bits per heavy atom.